The van der Waals surface area contributed by atoms with Gasteiger partial charge in [0.1, 0.15) is 17.0 Å². The molecule has 5 rings (SSSR count). The maximum absolute atomic E-state index is 11.4. The minimum Gasteiger partial charge on any atom is -0.354 e. The van der Waals surface area contributed by atoms with Crippen molar-refractivity contribution in [3.63, 3.8) is 0 Å². The summed E-state index contributed by atoms with van der Waals surface area (Å²) in [4.78, 5) is 9.35. The first-order valence-electron chi connectivity index (χ1n) is 10.2. The van der Waals surface area contributed by atoms with Gasteiger partial charge in [-0.25, -0.2) is 23.1 Å². The van der Waals surface area contributed by atoms with Crippen LogP contribution in [-0.2, 0) is 16.6 Å². The van der Waals surface area contributed by atoms with E-state index in [-0.39, 0.29) is 4.90 Å². The first-order valence-corrected chi connectivity index (χ1v) is 12.1. The second-order valence-electron chi connectivity index (χ2n) is 9.02. The maximum Gasteiger partial charge on any atom is 0.238 e. The van der Waals surface area contributed by atoms with E-state index in [1.807, 2.05) is 25.1 Å². The average Bonchev–Trinajstić information content (AvgIpc) is 2.94. The van der Waals surface area contributed by atoms with Gasteiger partial charge in [-0.05, 0) is 56.1 Å². The van der Waals surface area contributed by atoms with Crippen LogP contribution in [0.4, 0.5) is 5.82 Å². The summed E-state index contributed by atoms with van der Waals surface area (Å²) in [6.45, 7) is 4.81. The highest BCUT2D eigenvalue weighted by Crippen LogP contribution is 2.51. The molecule has 1 saturated carbocycles. The summed E-state index contributed by atoms with van der Waals surface area (Å²) in [7, 11) is -1.52. The van der Waals surface area contributed by atoms with Crippen LogP contribution in [0.2, 0.25) is 5.15 Å². The Morgan fingerprint density at radius 3 is 2.58 bits per heavy atom. The summed E-state index contributed by atoms with van der Waals surface area (Å²) < 4.78 is 24.6. The van der Waals surface area contributed by atoms with E-state index >= 15 is 0 Å². The molecule has 1 aromatic carbocycles. The minimum absolute atomic E-state index is 0.148. The first-order chi connectivity index (χ1) is 14.7. The average molecular weight is 461 g/mol. The van der Waals surface area contributed by atoms with Crippen LogP contribution in [0.3, 0.4) is 0 Å². The number of hydrogen-bond donors (Lipinski definition) is 1. The number of halogens is 1. The summed E-state index contributed by atoms with van der Waals surface area (Å²) in [5, 5.41) is 10.0. The summed E-state index contributed by atoms with van der Waals surface area (Å²) in [5.74, 6) is 0.955. The van der Waals surface area contributed by atoms with Crippen LogP contribution in [0.1, 0.15) is 24.0 Å². The number of nitrogens with two attached hydrogens (primary N) is 1. The highest BCUT2D eigenvalue weighted by Gasteiger charge is 2.53. The molecule has 3 heterocycles. The van der Waals surface area contributed by atoms with Crippen molar-refractivity contribution < 1.29 is 8.42 Å². The number of fused-ring (bicyclic) bond motifs is 1. The lowest BCUT2D eigenvalue weighted by Crippen LogP contribution is -2.66. The number of sulfonamides is 1. The van der Waals surface area contributed by atoms with Crippen LogP contribution in [-0.4, -0.2) is 54.1 Å². The molecular formula is C21H25ClN6O2S. The first kappa shape index (κ1) is 20.7. The molecule has 164 valence electrons. The summed E-state index contributed by atoms with van der Waals surface area (Å²) in [6.07, 6.45) is 3.87. The molecule has 1 spiro atoms. The zero-order valence-corrected chi connectivity index (χ0v) is 19.1. The SMILES string of the molecule is Cc1cc(Cl)n2ncnc(N3CC4(CC(N(C)Cc5ccc(S(N)(=O)=O)cc5)C4)C3)c12. The molecule has 10 heteroatoms. The molecule has 0 atom stereocenters. The molecular weight excluding hydrogens is 436 g/mol. The van der Waals surface area contributed by atoms with Crippen molar-refractivity contribution in [2.24, 2.45) is 10.6 Å². The number of nitrogens with zero attached hydrogens (tertiary/aromatic N) is 5. The Balaban J connectivity index is 1.20. The van der Waals surface area contributed by atoms with Gasteiger partial charge in [-0.1, -0.05) is 23.7 Å². The van der Waals surface area contributed by atoms with Gasteiger partial charge in [0.05, 0.1) is 4.90 Å². The molecule has 3 aromatic rings. The van der Waals surface area contributed by atoms with E-state index in [4.69, 9.17) is 16.7 Å². The number of anilines is 1. The van der Waals surface area contributed by atoms with Crippen LogP contribution >= 0.6 is 11.6 Å². The summed E-state index contributed by atoms with van der Waals surface area (Å²) in [5.41, 5.74) is 3.50. The van der Waals surface area contributed by atoms with E-state index in [0.29, 0.717) is 16.6 Å². The minimum atomic E-state index is -3.65. The van der Waals surface area contributed by atoms with Gasteiger partial charge in [0.15, 0.2) is 5.82 Å². The number of primary sulfonamides is 1. The molecule has 1 aliphatic carbocycles. The topological polar surface area (TPSA) is 96.8 Å². The number of hydrogen-bond acceptors (Lipinski definition) is 6. The third-order valence-electron chi connectivity index (χ3n) is 6.68. The van der Waals surface area contributed by atoms with E-state index in [1.165, 1.54) is 0 Å². The Morgan fingerprint density at radius 2 is 1.94 bits per heavy atom. The molecule has 2 aromatic heterocycles. The molecule has 0 radical (unpaired) electrons. The fourth-order valence-corrected chi connectivity index (χ4v) is 5.82. The Kier molecular flexibility index (Phi) is 4.78. The molecule has 1 aliphatic heterocycles. The molecule has 2 aliphatic rings. The van der Waals surface area contributed by atoms with Crippen LogP contribution in [0.5, 0.6) is 0 Å². The normalized spacial score (nSPS) is 18.5. The molecule has 0 amide bonds. The van der Waals surface area contributed by atoms with E-state index in [2.05, 4.69) is 26.9 Å². The third-order valence-corrected chi connectivity index (χ3v) is 7.88. The van der Waals surface area contributed by atoms with Crippen LogP contribution in [0.25, 0.3) is 5.52 Å². The van der Waals surface area contributed by atoms with E-state index in [1.54, 1.807) is 23.0 Å². The monoisotopic (exact) mass is 460 g/mol. The van der Waals surface area contributed by atoms with Crippen molar-refractivity contribution in [2.75, 3.05) is 25.0 Å². The van der Waals surface area contributed by atoms with Crippen LogP contribution < -0.4 is 10.0 Å². The standard InChI is InChI=1S/C21H25ClN6O2S/c1-14-7-18(22)28-19(14)20(24-13-25-28)27-11-21(12-27)8-16(9-21)26(2)10-15-3-5-17(6-4-15)31(23,29)30/h3-7,13,16H,8-12H2,1-2H3,(H2,23,29,30). The lowest BCUT2D eigenvalue weighted by molar-refractivity contribution is -0.0122. The van der Waals surface area contributed by atoms with Gasteiger partial charge in [0.2, 0.25) is 10.0 Å². The Labute approximate surface area is 186 Å². The van der Waals surface area contributed by atoms with Crippen molar-refractivity contribution in [3.8, 4) is 0 Å². The second-order valence-corrected chi connectivity index (χ2v) is 11.0. The fourth-order valence-electron chi connectivity index (χ4n) is 5.02. The third kappa shape index (κ3) is 3.59. The van der Waals surface area contributed by atoms with Gasteiger partial charge >= 0.3 is 0 Å². The highest BCUT2D eigenvalue weighted by atomic mass is 35.5. The van der Waals surface area contributed by atoms with E-state index in [9.17, 15) is 8.42 Å². The zero-order valence-electron chi connectivity index (χ0n) is 17.5. The maximum atomic E-state index is 11.4. The van der Waals surface area contributed by atoms with Crippen molar-refractivity contribution >= 4 is 33.0 Å². The number of benzene rings is 1. The van der Waals surface area contributed by atoms with Crippen molar-refractivity contribution in [1.82, 2.24) is 19.5 Å². The van der Waals surface area contributed by atoms with Crippen LogP contribution in [0.15, 0.2) is 41.6 Å². The lowest BCUT2D eigenvalue weighted by Gasteiger charge is -2.61. The summed E-state index contributed by atoms with van der Waals surface area (Å²) >= 11 is 6.27. The predicted molar refractivity (Wildman–Crippen MR) is 120 cm³/mol. The molecule has 0 unspecified atom stereocenters. The van der Waals surface area contributed by atoms with Crippen molar-refractivity contribution in [3.05, 3.63) is 52.9 Å². The fraction of sp³-hybridized carbons (Fsp3) is 0.429. The Bertz CT molecular complexity index is 1240. The predicted octanol–water partition coefficient (Wildman–Crippen LogP) is 2.44. The number of aryl methyl sites for hydroxylation is 1. The molecule has 2 N–H and O–H groups in total. The molecule has 0 bridgehead atoms. The Hall–Kier alpha value is -2.20. The zero-order chi connectivity index (χ0) is 22.0. The van der Waals surface area contributed by atoms with Gasteiger partial charge < -0.3 is 4.90 Å². The van der Waals surface area contributed by atoms with E-state index in [0.717, 1.165) is 54.9 Å². The van der Waals surface area contributed by atoms with Crippen molar-refractivity contribution in [1.29, 1.82) is 0 Å². The highest BCUT2D eigenvalue weighted by molar-refractivity contribution is 7.89. The number of aromatic nitrogens is 3. The van der Waals surface area contributed by atoms with Gasteiger partial charge in [-0.15, -0.1) is 0 Å². The molecule has 1 saturated heterocycles. The van der Waals surface area contributed by atoms with Gasteiger partial charge in [0.25, 0.3) is 0 Å². The largest absolute Gasteiger partial charge is 0.354 e. The smallest absolute Gasteiger partial charge is 0.238 e. The number of rotatable bonds is 5. The van der Waals surface area contributed by atoms with E-state index < -0.39 is 10.0 Å². The molecule has 2 fully saturated rings. The second kappa shape index (κ2) is 7.16. The van der Waals surface area contributed by atoms with Crippen LogP contribution in [0, 0.1) is 12.3 Å². The summed E-state index contributed by atoms with van der Waals surface area (Å²) in [6, 6.07) is 9.26. The van der Waals surface area contributed by atoms with Gasteiger partial charge in [0, 0.05) is 31.1 Å². The Morgan fingerprint density at radius 1 is 1.26 bits per heavy atom. The molecule has 8 nitrogen and oxygen atoms in total. The van der Waals surface area contributed by atoms with Crippen molar-refractivity contribution in [2.45, 2.75) is 37.2 Å². The quantitative estimate of drug-likeness (QED) is 0.628. The molecule has 31 heavy (non-hydrogen) atoms. The van der Waals surface area contributed by atoms with Gasteiger partial charge in [-0.3, -0.25) is 4.90 Å². The van der Waals surface area contributed by atoms with Gasteiger partial charge in [-0.2, -0.15) is 5.10 Å². The lowest BCUT2D eigenvalue weighted by atomic mass is 9.60.